The quantitative estimate of drug-likeness (QED) is 0.320. The Morgan fingerprint density at radius 2 is 2.00 bits per heavy atom. The zero-order valence-electron chi connectivity index (χ0n) is 17.0. The summed E-state index contributed by atoms with van der Waals surface area (Å²) in [4.78, 5) is 22.7. The molecule has 0 aromatic heterocycles. The summed E-state index contributed by atoms with van der Waals surface area (Å²) in [5.41, 5.74) is 6.25. The maximum atomic E-state index is 11.9. The minimum absolute atomic E-state index is 0.00781. The van der Waals surface area contributed by atoms with E-state index in [-0.39, 0.29) is 18.3 Å². The molecule has 3 rings (SSSR count). The highest BCUT2D eigenvalue weighted by molar-refractivity contribution is 5.82. The number of methoxy groups -OCH3 is 1. The Morgan fingerprint density at radius 1 is 1.27 bits per heavy atom. The maximum absolute atomic E-state index is 11.9. The van der Waals surface area contributed by atoms with Crippen LogP contribution in [0.3, 0.4) is 0 Å². The fourth-order valence-corrected chi connectivity index (χ4v) is 3.19. The monoisotopic (exact) mass is 409 g/mol. The van der Waals surface area contributed by atoms with Crippen LogP contribution in [-0.4, -0.2) is 29.6 Å². The second-order valence-corrected chi connectivity index (χ2v) is 6.63. The van der Waals surface area contributed by atoms with E-state index in [0.717, 1.165) is 11.3 Å². The van der Waals surface area contributed by atoms with E-state index in [0.29, 0.717) is 17.0 Å². The molecule has 0 saturated heterocycles. The minimum Gasteiger partial charge on any atom is -0.497 e. The van der Waals surface area contributed by atoms with Crippen LogP contribution < -0.4 is 10.2 Å². The molecule has 0 unspecified atom stereocenters. The zero-order chi connectivity index (χ0) is 21.7. The highest BCUT2D eigenvalue weighted by Crippen LogP contribution is 2.35. The number of non-ortho nitro benzene ring substituents is 1. The third kappa shape index (κ3) is 4.60. The Morgan fingerprint density at radius 3 is 2.63 bits per heavy atom. The third-order valence-corrected chi connectivity index (χ3v) is 4.66. The topological polar surface area (TPSA) is 93.9 Å². The fraction of sp³-hybridized carbons (Fsp3) is 0.227. The Kier molecular flexibility index (Phi) is 6.36. The van der Waals surface area contributed by atoms with Gasteiger partial charge in [0.2, 0.25) is 0 Å². The van der Waals surface area contributed by atoms with Crippen LogP contribution in [0.25, 0.3) is 5.70 Å². The summed E-state index contributed by atoms with van der Waals surface area (Å²) < 4.78 is 10.2. The molecule has 8 heteroatoms. The first kappa shape index (κ1) is 20.9. The predicted molar refractivity (Wildman–Crippen MR) is 112 cm³/mol. The van der Waals surface area contributed by atoms with Crippen molar-refractivity contribution in [3.05, 3.63) is 87.6 Å². The molecule has 1 N–H and O–H groups in total. The van der Waals surface area contributed by atoms with Crippen molar-refractivity contribution < 1.29 is 19.2 Å². The summed E-state index contributed by atoms with van der Waals surface area (Å²) in [6.45, 7) is 3.83. The first-order valence-electron chi connectivity index (χ1n) is 9.44. The number of hydrogen-bond acceptors (Lipinski definition) is 7. The number of esters is 1. The van der Waals surface area contributed by atoms with Gasteiger partial charge in [-0.15, -0.1) is 0 Å². The molecule has 30 heavy (non-hydrogen) atoms. The number of hydrogen-bond donors (Lipinski definition) is 1. The molecule has 2 aromatic rings. The molecule has 8 nitrogen and oxygen atoms in total. The minimum atomic E-state index is -0.436. The van der Waals surface area contributed by atoms with Gasteiger partial charge in [0.25, 0.3) is 5.69 Å². The number of nitro groups is 1. The number of nitro benzene ring substituents is 1. The summed E-state index contributed by atoms with van der Waals surface area (Å²) in [7, 11) is 1.60. The molecule has 2 aromatic carbocycles. The van der Waals surface area contributed by atoms with E-state index in [1.54, 1.807) is 33.1 Å². The number of ether oxygens (including phenoxy) is 2. The van der Waals surface area contributed by atoms with Gasteiger partial charge in [0.05, 0.1) is 30.4 Å². The van der Waals surface area contributed by atoms with Gasteiger partial charge in [0, 0.05) is 29.5 Å². The number of carbonyl (C=O) groups is 1. The average Bonchev–Trinajstić information content (AvgIpc) is 3.20. The van der Waals surface area contributed by atoms with Crippen LogP contribution in [0.5, 0.6) is 5.75 Å². The van der Waals surface area contributed by atoms with Crippen LogP contribution in [0.2, 0.25) is 0 Å². The van der Waals surface area contributed by atoms with Crippen molar-refractivity contribution in [2.24, 2.45) is 0 Å². The average molecular weight is 409 g/mol. The predicted octanol–water partition coefficient (Wildman–Crippen LogP) is 3.97. The summed E-state index contributed by atoms with van der Waals surface area (Å²) in [5.74, 6) is 0.298. The van der Waals surface area contributed by atoms with E-state index in [1.165, 1.54) is 18.2 Å². The standard InChI is InChI=1S/C22H23N3O5/c1-4-30-22(26)12-15(2)24-21(16-8-10-19(29-3)11-9-16)14-20(23-24)17-6-5-7-18(13-17)25(27)28/h5-14,21,23H,4H2,1-3H3/b15-12+/t21-/m1/s1. The molecule has 0 aliphatic carbocycles. The fourth-order valence-electron chi connectivity index (χ4n) is 3.19. The Hall–Kier alpha value is -3.81. The highest BCUT2D eigenvalue weighted by atomic mass is 16.6. The van der Waals surface area contributed by atoms with Gasteiger partial charge in [0.15, 0.2) is 0 Å². The molecule has 1 heterocycles. The number of rotatable bonds is 7. The zero-order valence-corrected chi connectivity index (χ0v) is 17.0. The van der Waals surface area contributed by atoms with E-state index in [1.807, 2.05) is 35.4 Å². The molecular formula is C22H23N3O5. The van der Waals surface area contributed by atoms with Gasteiger partial charge in [-0.1, -0.05) is 24.3 Å². The summed E-state index contributed by atoms with van der Waals surface area (Å²) in [5, 5.41) is 13.0. The summed E-state index contributed by atoms with van der Waals surface area (Å²) >= 11 is 0. The first-order valence-corrected chi connectivity index (χ1v) is 9.44. The van der Waals surface area contributed by atoms with Crippen LogP contribution >= 0.6 is 0 Å². The number of allylic oxidation sites excluding steroid dienone is 1. The van der Waals surface area contributed by atoms with Crippen LogP contribution in [0, 0.1) is 10.1 Å². The normalized spacial score (nSPS) is 16.0. The number of nitrogens with zero attached hydrogens (tertiary/aromatic N) is 2. The molecule has 156 valence electrons. The Bertz CT molecular complexity index is 998. The van der Waals surface area contributed by atoms with Crippen LogP contribution in [0.1, 0.15) is 31.0 Å². The molecule has 0 radical (unpaired) electrons. The molecule has 0 spiro atoms. The van der Waals surface area contributed by atoms with Gasteiger partial charge in [-0.05, 0) is 37.6 Å². The van der Waals surface area contributed by atoms with E-state index in [2.05, 4.69) is 5.43 Å². The highest BCUT2D eigenvalue weighted by Gasteiger charge is 2.28. The van der Waals surface area contributed by atoms with Crippen molar-refractivity contribution >= 4 is 17.4 Å². The van der Waals surface area contributed by atoms with Crippen molar-refractivity contribution in [3.8, 4) is 5.75 Å². The van der Waals surface area contributed by atoms with Crippen LogP contribution in [-0.2, 0) is 9.53 Å². The first-order chi connectivity index (χ1) is 14.4. The molecule has 0 fully saturated rings. The second-order valence-electron chi connectivity index (χ2n) is 6.63. The molecule has 0 saturated carbocycles. The number of benzene rings is 2. The van der Waals surface area contributed by atoms with Crippen LogP contribution in [0.15, 0.2) is 66.4 Å². The van der Waals surface area contributed by atoms with Crippen LogP contribution in [0.4, 0.5) is 5.69 Å². The van der Waals surface area contributed by atoms with Crippen molar-refractivity contribution in [1.29, 1.82) is 0 Å². The lowest BCUT2D eigenvalue weighted by atomic mass is 10.0. The SMILES string of the molecule is CCOC(=O)/C=C(\C)N1NC(c2cccc([N+](=O)[O-])c2)=C[C@@H]1c1ccc(OC)cc1. The van der Waals surface area contributed by atoms with Gasteiger partial charge in [-0.2, -0.15) is 0 Å². The lowest BCUT2D eigenvalue weighted by Gasteiger charge is -2.28. The Balaban J connectivity index is 1.98. The maximum Gasteiger partial charge on any atom is 0.332 e. The van der Waals surface area contributed by atoms with Crippen molar-refractivity contribution in [2.45, 2.75) is 19.9 Å². The van der Waals surface area contributed by atoms with E-state index >= 15 is 0 Å². The van der Waals surface area contributed by atoms with E-state index in [4.69, 9.17) is 9.47 Å². The molecule has 0 bridgehead atoms. The molecule has 0 amide bonds. The Labute approximate surface area is 174 Å². The molecule has 1 aliphatic rings. The van der Waals surface area contributed by atoms with Crippen molar-refractivity contribution in [1.82, 2.24) is 10.4 Å². The van der Waals surface area contributed by atoms with Gasteiger partial charge in [-0.25, -0.2) is 4.79 Å². The number of hydrazine groups is 1. The van der Waals surface area contributed by atoms with Gasteiger partial charge < -0.3 is 9.47 Å². The largest absolute Gasteiger partial charge is 0.497 e. The van der Waals surface area contributed by atoms with E-state index in [9.17, 15) is 14.9 Å². The lowest BCUT2D eigenvalue weighted by Crippen LogP contribution is -2.32. The summed E-state index contributed by atoms with van der Waals surface area (Å²) in [6.07, 6.45) is 3.38. The van der Waals surface area contributed by atoms with Gasteiger partial charge >= 0.3 is 5.97 Å². The second kappa shape index (κ2) is 9.13. The van der Waals surface area contributed by atoms with Crippen molar-refractivity contribution in [2.75, 3.05) is 13.7 Å². The molecular weight excluding hydrogens is 386 g/mol. The smallest absolute Gasteiger partial charge is 0.332 e. The lowest BCUT2D eigenvalue weighted by molar-refractivity contribution is -0.384. The van der Waals surface area contributed by atoms with Crippen molar-refractivity contribution in [3.63, 3.8) is 0 Å². The summed E-state index contributed by atoms with van der Waals surface area (Å²) in [6, 6.07) is 13.7. The number of nitrogens with one attached hydrogen (secondary N) is 1. The molecule has 1 atom stereocenters. The number of carbonyl (C=O) groups excluding carboxylic acids is 1. The third-order valence-electron chi connectivity index (χ3n) is 4.66. The molecule has 1 aliphatic heterocycles. The van der Waals surface area contributed by atoms with Gasteiger partial charge in [0.1, 0.15) is 5.75 Å². The van der Waals surface area contributed by atoms with E-state index < -0.39 is 10.9 Å². The van der Waals surface area contributed by atoms with Gasteiger partial charge in [-0.3, -0.25) is 20.5 Å².